The van der Waals surface area contributed by atoms with Gasteiger partial charge < -0.3 is 9.30 Å². The molecule has 2 aromatic heterocycles. The topological polar surface area (TPSA) is 74.8 Å². The monoisotopic (exact) mass is 363 g/mol. The van der Waals surface area contributed by atoms with Crippen molar-refractivity contribution in [1.82, 2.24) is 24.5 Å². The molecule has 0 radical (unpaired) electrons. The van der Waals surface area contributed by atoms with Gasteiger partial charge in [-0.15, -0.1) is 10.2 Å². The van der Waals surface area contributed by atoms with E-state index >= 15 is 0 Å². The molecule has 132 valence electrons. The maximum Gasteiger partial charge on any atom is 0.433 e. The van der Waals surface area contributed by atoms with Crippen molar-refractivity contribution in [1.29, 1.82) is 0 Å². The van der Waals surface area contributed by atoms with Crippen LogP contribution in [0.4, 0.5) is 13.2 Å². The van der Waals surface area contributed by atoms with E-state index in [-0.39, 0.29) is 23.9 Å². The number of halogens is 3. The number of thioether (sulfide) groups is 1. The highest BCUT2D eigenvalue weighted by molar-refractivity contribution is 7.99. The van der Waals surface area contributed by atoms with Crippen molar-refractivity contribution < 1.29 is 22.7 Å². The number of aromatic nitrogens is 5. The average molecular weight is 363 g/mol. The first-order valence-electron chi connectivity index (χ1n) is 7.11. The van der Waals surface area contributed by atoms with Crippen LogP contribution in [0.2, 0.25) is 0 Å². The molecule has 0 unspecified atom stereocenters. The van der Waals surface area contributed by atoms with E-state index in [0.717, 1.165) is 22.5 Å². The smallest absolute Gasteiger partial charge is 0.433 e. The molecule has 2 rings (SSSR count). The summed E-state index contributed by atoms with van der Waals surface area (Å²) >= 11 is 1.11. The molecular formula is C13H16F3N5O2S. The average Bonchev–Trinajstić information content (AvgIpc) is 3.07. The van der Waals surface area contributed by atoms with Crippen LogP contribution in [0.15, 0.2) is 11.2 Å². The Morgan fingerprint density at radius 2 is 2.04 bits per heavy atom. The highest BCUT2D eigenvalue weighted by Crippen LogP contribution is 2.32. The molecule has 24 heavy (non-hydrogen) atoms. The zero-order valence-corrected chi connectivity index (χ0v) is 14.1. The van der Waals surface area contributed by atoms with Crippen LogP contribution >= 0.6 is 11.8 Å². The van der Waals surface area contributed by atoms with Crippen molar-refractivity contribution in [3.05, 3.63) is 11.8 Å². The number of nitrogens with zero attached hydrogens (tertiary/aromatic N) is 5. The van der Waals surface area contributed by atoms with Gasteiger partial charge >= 0.3 is 12.1 Å². The predicted octanol–water partition coefficient (Wildman–Crippen LogP) is 2.37. The Morgan fingerprint density at radius 1 is 1.33 bits per heavy atom. The summed E-state index contributed by atoms with van der Waals surface area (Å²) in [5.41, 5.74) is -0.800. The lowest BCUT2D eigenvalue weighted by atomic mass is 10.3. The van der Waals surface area contributed by atoms with E-state index < -0.39 is 17.8 Å². The van der Waals surface area contributed by atoms with Crippen molar-refractivity contribution >= 4 is 17.7 Å². The van der Waals surface area contributed by atoms with Gasteiger partial charge in [0, 0.05) is 13.6 Å². The van der Waals surface area contributed by atoms with E-state index in [4.69, 9.17) is 4.74 Å². The third-order valence-electron chi connectivity index (χ3n) is 3.06. The van der Waals surface area contributed by atoms with Crippen LogP contribution in [0.3, 0.4) is 0 Å². The fourth-order valence-electron chi connectivity index (χ4n) is 2.04. The van der Waals surface area contributed by atoms with Gasteiger partial charge in [0.15, 0.2) is 11.0 Å². The maximum absolute atomic E-state index is 12.9. The van der Waals surface area contributed by atoms with E-state index in [9.17, 15) is 18.0 Å². The molecule has 2 aromatic rings. The van der Waals surface area contributed by atoms with Gasteiger partial charge in [0.2, 0.25) is 0 Å². The van der Waals surface area contributed by atoms with E-state index in [1.54, 1.807) is 18.4 Å². The van der Waals surface area contributed by atoms with Gasteiger partial charge in [-0.3, -0.25) is 9.48 Å². The van der Waals surface area contributed by atoms with Crippen LogP contribution in [0, 0.1) is 0 Å². The van der Waals surface area contributed by atoms with Gasteiger partial charge in [0.05, 0.1) is 12.4 Å². The quantitative estimate of drug-likeness (QED) is 0.579. The Bertz CT molecular complexity index is 726. The number of hydrogen-bond donors (Lipinski definition) is 0. The second-order valence-electron chi connectivity index (χ2n) is 4.68. The first kappa shape index (κ1) is 18.3. The molecule has 0 saturated carbocycles. The molecule has 0 atom stereocenters. The molecule has 7 nitrogen and oxygen atoms in total. The summed E-state index contributed by atoms with van der Waals surface area (Å²) in [5.74, 6) is -0.135. The van der Waals surface area contributed by atoms with Gasteiger partial charge in [-0.05, 0) is 19.9 Å². The van der Waals surface area contributed by atoms with E-state index in [0.29, 0.717) is 11.7 Å². The summed E-state index contributed by atoms with van der Waals surface area (Å²) in [5, 5.41) is 12.1. The number of rotatable bonds is 6. The lowest BCUT2D eigenvalue weighted by Gasteiger charge is -2.05. The van der Waals surface area contributed by atoms with Crippen molar-refractivity contribution in [2.24, 2.45) is 7.05 Å². The Hall–Kier alpha value is -2.04. The van der Waals surface area contributed by atoms with Crippen LogP contribution < -0.4 is 0 Å². The second kappa shape index (κ2) is 7.24. The standard InChI is InChI=1S/C13H16F3N5O2S/c1-4-21-11(8-6-9(13(14,15)16)20(3)19-8)17-18-12(21)24-7-10(22)23-5-2/h6H,4-5,7H2,1-3H3. The zero-order valence-electron chi connectivity index (χ0n) is 13.3. The fourth-order valence-corrected chi connectivity index (χ4v) is 2.84. The fraction of sp³-hybridized carbons (Fsp3) is 0.538. The Labute approximate surface area is 140 Å². The van der Waals surface area contributed by atoms with Gasteiger partial charge in [0.25, 0.3) is 0 Å². The molecule has 2 heterocycles. The summed E-state index contributed by atoms with van der Waals surface area (Å²) in [6, 6.07) is 0.927. The Kier molecular flexibility index (Phi) is 5.52. The van der Waals surface area contributed by atoms with Crippen molar-refractivity contribution in [3.63, 3.8) is 0 Å². The van der Waals surface area contributed by atoms with Crippen LogP contribution in [0.1, 0.15) is 19.5 Å². The van der Waals surface area contributed by atoms with E-state index in [1.165, 1.54) is 7.05 Å². The molecule has 0 N–H and O–H groups in total. The first-order chi connectivity index (χ1) is 11.3. The Morgan fingerprint density at radius 3 is 2.58 bits per heavy atom. The predicted molar refractivity (Wildman–Crippen MR) is 80.3 cm³/mol. The van der Waals surface area contributed by atoms with Gasteiger partial charge in [-0.25, -0.2) is 0 Å². The van der Waals surface area contributed by atoms with Crippen LogP contribution in [0.25, 0.3) is 11.5 Å². The summed E-state index contributed by atoms with van der Waals surface area (Å²) in [4.78, 5) is 11.4. The molecule has 0 amide bonds. The summed E-state index contributed by atoms with van der Waals surface area (Å²) in [6.45, 7) is 4.20. The minimum absolute atomic E-state index is 0.0436. The number of carbonyl (C=O) groups excluding carboxylic acids is 1. The Balaban J connectivity index is 2.28. The third-order valence-corrected chi connectivity index (χ3v) is 4.00. The number of ether oxygens (including phenoxy) is 1. The third kappa shape index (κ3) is 3.89. The van der Waals surface area contributed by atoms with Crippen molar-refractivity contribution in [2.75, 3.05) is 12.4 Å². The number of aryl methyl sites for hydroxylation is 1. The van der Waals surface area contributed by atoms with Crippen molar-refractivity contribution in [3.8, 4) is 11.5 Å². The SMILES string of the molecule is CCOC(=O)CSc1nnc(-c2cc(C(F)(F)F)n(C)n2)n1CC. The molecule has 0 aliphatic heterocycles. The summed E-state index contributed by atoms with van der Waals surface area (Å²) < 4.78 is 45.9. The summed E-state index contributed by atoms with van der Waals surface area (Å²) in [6.07, 6.45) is -4.50. The number of carbonyl (C=O) groups is 1. The summed E-state index contributed by atoms with van der Waals surface area (Å²) in [7, 11) is 1.22. The minimum Gasteiger partial charge on any atom is -0.465 e. The zero-order chi connectivity index (χ0) is 17.9. The second-order valence-corrected chi connectivity index (χ2v) is 5.62. The molecule has 0 aliphatic rings. The molecule has 0 fully saturated rings. The molecule has 0 saturated heterocycles. The van der Waals surface area contributed by atoms with Crippen LogP contribution in [-0.2, 0) is 29.3 Å². The molecule has 0 spiro atoms. The van der Waals surface area contributed by atoms with E-state index in [2.05, 4.69) is 15.3 Å². The van der Waals surface area contributed by atoms with E-state index in [1.807, 2.05) is 0 Å². The van der Waals surface area contributed by atoms with Crippen molar-refractivity contribution in [2.45, 2.75) is 31.7 Å². The van der Waals surface area contributed by atoms with Crippen LogP contribution in [0.5, 0.6) is 0 Å². The maximum atomic E-state index is 12.9. The molecule has 0 aliphatic carbocycles. The van der Waals surface area contributed by atoms with Gasteiger partial charge in [-0.2, -0.15) is 18.3 Å². The molecular weight excluding hydrogens is 347 g/mol. The highest BCUT2D eigenvalue weighted by atomic mass is 32.2. The highest BCUT2D eigenvalue weighted by Gasteiger charge is 2.35. The lowest BCUT2D eigenvalue weighted by Crippen LogP contribution is -2.11. The minimum atomic E-state index is -4.50. The number of esters is 1. The van der Waals surface area contributed by atoms with Gasteiger partial charge in [0.1, 0.15) is 11.4 Å². The number of hydrogen-bond acceptors (Lipinski definition) is 6. The normalized spacial score (nSPS) is 11.8. The number of alkyl halides is 3. The molecule has 11 heteroatoms. The molecule has 0 bridgehead atoms. The van der Waals surface area contributed by atoms with Crippen LogP contribution in [-0.4, -0.2) is 42.9 Å². The lowest BCUT2D eigenvalue weighted by molar-refractivity contribution is -0.143. The van der Waals surface area contributed by atoms with Gasteiger partial charge in [-0.1, -0.05) is 11.8 Å². The largest absolute Gasteiger partial charge is 0.465 e. The first-order valence-corrected chi connectivity index (χ1v) is 8.09. The molecule has 0 aromatic carbocycles.